The van der Waals surface area contributed by atoms with Crippen LogP contribution >= 0.6 is 0 Å². The van der Waals surface area contributed by atoms with Crippen molar-refractivity contribution in [1.29, 1.82) is 0 Å². The molecule has 0 aliphatic heterocycles. The van der Waals surface area contributed by atoms with Gasteiger partial charge in [0.05, 0.1) is 7.18 Å². The van der Waals surface area contributed by atoms with Gasteiger partial charge in [-0.2, -0.15) is 0 Å². The Morgan fingerprint density at radius 1 is 1.12 bits per heavy atom. The van der Waals surface area contributed by atoms with E-state index in [2.05, 4.69) is 38.2 Å². The lowest BCUT2D eigenvalue weighted by Gasteiger charge is -1.96. The number of alkyl halides is 1. The van der Waals surface area contributed by atoms with E-state index in [9.17, 15) is 4.39 Å². The second-order valence-electron chi connectivity index (χ2n) is 3.11. The Hall–Kier alpha value is -0.850. The Kier molecular flexibility index (Phi) is 25.9. The highest BCUT2D eigenvalue weighted by Crippen LogP contribution is 2.14. The first-order valence-electron chi connectivity index (χ1n) is 6.73. The zero-order valence-corrected chi connectivity index (χ0v) is 12.8. The summed E-state index contributed by atoms with van der Waals surface area (Å²) in [4.78, 5) is 0. The lowest BCUT2D eigenvalue weighted by molar-refractivity contribution is 0.636. The van der Waals surface area contributed by atoms with Gasteiger partial charge >= 0.3 is 0 Å². The molecule has 0 saturated heterocycles. The molecule has 0 aromatic heterocycles. The third kappa shape index (κ3) is 15.1. The first-order chi connectivity index (χ1) is 8.33. The predicted molar refractivity (Wildman–Crippen MR) is 80.2 cm³/mol. The maximum atomic E-state index is 9.50. The van der Waals surface area contributed by atoms with Gasteiger partial charge in [0, 0.05) is 0 Å². The quantitative estimate of drug-likeness (QED) is 0.536. The highest BCUT2D eigenvalue weighted by Gasteiger charge is 1.94. The summed E-state index contributed by atoms with van der Waals surface area (Å²) < 4.78 is 9.50. The van der Waals surface area contributed by atoms with Crippen molar-refractivity contribution in [3.05, 3.63) is 35.5 Å². The van der Waals surface area contributed by atoms with Gasteiger partial charge in [0.25, 0.3) is 0 Å². The molecule has 0 saturated carbocycles. The zero-order valence-electron chi connectivity index (χ0n) is 12.8. The smallest absolute Gasteiger partial charge is 0.0785 e. The Morgan fingerprint density at radius 2 is 1.65 bits per heavy atom. The average Bonchev–Trinajstić information content (AvgIpc) is 2.62. The van der Waals surface area contributed by atoms with Crippen molar-refractivity contribution in [3.8, 4) is 0 Å². The van der Waals surface area contributed by atoms with Gasteiger partial charge in [-0.3, -0.25) is 4.39 Å². The van der Waals surface area contributed by atoms with Crippen LogP contribution in [0.3, 0.4) is 0 Å². The predicted octanol–water partition coefficient (Wildman–Crippen LogP) is 6.26. The van der Waals surface area contributed by atoms with Crippen molar-refractivity contribution >= 4 is 0 Å². The molecule has 0 aromatic carbocycles. The van der Waals surface area contributed by atoms with Crippen molar-refractivity contribution in [2.45, 2.75) is 60.8 Å². The van der Waals surface area contributed by atoms with Crippen molar-refractivity contribution in [1.82, 2.24) is 0 Å². The van der Waals surface area contributed by atoms with Gasteiger partial charge in [0.15, 0.2) is 0 Å². The summed E-state index contributed by atoms with van der Waals surface area (Å²) in [5.74, 6) is 0. The third-order valence-electron chi connectivity index (χ3n) is 1.92. The fraction of sp³-hybridized carbons (Fsp3) is 0.625. The first-order valence-corrected chi connectivity index (χ1v) is 6.73. The van der Waals surface area contributed by atoms with E-state index < -0.39 is 0 Å². The van der Waals surface area contributed by atoms with Gasteiger partial charge in [-0.15, -0.1) is 0 Å². The van der Waals surface area contributed by atoms with Crippen LogP contribution in [0.25, 0.3) is 0 Å². The average molecular weight is 242 g/mol. The van der Waals surface area contributed by atoms with Crippen LogP contribution in [0, 0.1) is 0 Å². The Balaban J connectivity index is -0.000000285. The second kappa shape index (κ2) is 20.5. The van der Waals surface area contributed by atoms with Crippen molar-refractivity contribution in [3.63, 3.8) is 0 Å². The van der Waals surface area contributed by atoms with Crippen LogP contribution in [0.1, 0.15) is 60.8 Å². The molecule has 1 aliphatic rings. The van der Waals surface area contributed by atoms with Gasteiger partial charge in [0.2, 0.25) is 0 Å². The summed E-state index contributed by atoms with van der Waals surface area (Å²) in [6, 6.07) is 0. The summed E-state index contributed by atoms with van der Waals surface area (Å²) in [7, 11) is 0.500. The second-order valence-corrected chi connectivity index (χ2v) is 3.11. The van der Waals surface area contributed by atoms with Crippen LogP contribution in [0.4, 0.5) is 4.39 Å². The maximum absolute atomic E-state index is 9.50. The van der Waals surface area contributed by atoms with E-state index in [1.807, 2.05) is 27.7 Å². The Bertz CT molecular complexity index is 210. The van der Waals surface area contributed by atoms with Crippen LogP contribution in [-0.2, 0) is 0 Å². The van der Waals surface area contributed by atoms with Gasteiger partial charge in [0.1, 0.15) is 0 Å². The molecule has 0 fully saturated rings. The van der Waals surface area contributed by atoms with E-state index in [4.69, 9.17) is 0 Å². The molecule has 1 aliphatic carbocycles. The summed E-state index contributed by atoms with van der Waals surface area (Å²) in [6.45, 7) is 12.4. The van der Waals surface area contributed by atoms with E-state index in [-0.39, 0.29) is 0 Å². The van der Waals surface area contributed by atoms with Crippen molar-refractivity contribution in [2.75, 3.05) is 7.18 Å². The fourth-order valence-electron chi connectivity index (χ4n) is 1.24. The summed E-state index contributed by atoms with van der Waals surface area (Å²) in [6.07, 6.45) is 12.5. The SMILES string of the molecule is CC.CC.CCCC1=CCC(C)=CC=C1.CF. The highest BCUT2D eigenvalue weighted by atomic mass is 19.1. The zero-order chi connectivity index (χ0) is 14.1. The number of allylic oxidation sites excluding steroid dienone is 6. The summed E-state index contributed by atoms with van der Waals surface area (Å²) in [5.41, 5.74) is 2.94. The molecule has 102 valence electrons. The van der Waals surface area contributed by atoms with E-state index in [1.54, 1.807) is 0 Å². The molecule has 17 heavy (non-hydrogen) atoms. The van der Waals surface area contributed by atoms with Crippen molar-refractivity contribution < 1.29 is 4.39 Å². The highest BCUT2D eigenvalue weighted by molar-refractivity contribution is 5.29. The molecule has 0 radical (unpaired) electrons. The molecular formula is C16H31F. The number of halogens is 1. The van der Waals surface area contributed by atoms with Gasteiger partial charge in [-0.1, -0.05) is 76.5 Å². The van der Waals surface area contributed by atoms with E-state index in [1.165, 1.54) is 24.0 Å². The molecule has 0 spiro atoms. The minimum atomic E-state index is 0.500. The first kappa shape index (κ1) is 21.4. The van der Waals surface area contributed by atoms with Gasteiger partial charge < -0.3 is 0 Å². The normalized spacial score (nSPS) is 12.2. The molecule has 0 N–H and O–H groups in total. The monoisotopic (exact) mass is 242 g/mol. The largest absolute Gasteiger partial charge is 0.255 e. The standard InChI is InChI=1S/C11H16.2C2H6.CH3F/c1-3-5-11-7-4-6-10(2)8-9-11;3*1-2/h4,6-7,9H,3,5,8H2,1-2H3;2*1-2H3;1H3. The molecule has 0 bridgehead atoms. The molecule has 0 aromatic rings. The minimum Gasteiger partial charge on any atom is -0.255 e. The summed E-state index contributed by atoms with van der Waals surface area (Å²) >= 11 is 0. The van der Waals surface area contributed by atoms with Crippen LogP contribution < -0.4 is 0 Å². The van der Waals surface area contributed by atoms with Crippen LogP contribution in [0.5, 0.6) is 0 Å². The maximum Gasteiger partial charge on any atom is 0.0785 e. The molecule has 0 atom stereocenters. The van der Waals surface area contributed by atoms with Gasteiger partial charge in [-0.25, -0.2) is 0 Å². The topological polar surface area (TPSA) is 0 Å². The lowest BCUT2D eigenvalue weighted by Crippen LogP contribution is -1.76. The molecule has 0 heterocycles. The van der Waals surface area contributed by atoms with E-state index >= 15 is 0 Å². The minimum absolute atomic E-state index is 0.500. The van der Waals surface area contributed by atoms with Crippen molar-refractivity contribution in [2.24, 2.45) is 0 Å². The molecule has 1 rings (SSSR count). The lowest BCUT2D eigenvalue weighted by atomic mass is 10.1. The van der Waals surface area contributed by atoms with Crippen LogP contribution in [0.2, 0.25) is 0 Å². The molecule has 0 unspecified atom stereocenters. The fourth-order valence-corrected chi connectivity index (χ4v) is 1.24. The van der Waals surface area contributed by atoms with Crippen LogP contribution in [0.15, 0.2) is 35.5 Å². The summed E-state index contributed by atoms with van der Waals surface area (Å²) in [5, 5.41) is 0. The van der Waals surface area contributed by atoms with E-state index in [0.29, 0.717) is 7.18 Å². The third-order valence-corrected chi connectivity index (χ3v) is 1.92. The van der Waals surface area contributed by atoms with Gasteiger partial charge in [-0.05, 0) is 19.8 Å². The Morgan fingerprint density at radius 3 is 2.12 bits per heavy atom. The molecule has 0 nitrogen and oxygen atoms in total. The molecular weight excluding hydrogens is 211 g/mol. The number of hydrogen-bond acceptors (Lipinski definition) is 0. The Labute approximate surface area is 108 Å². The van der Waals surface area contributed by atoms with Crippen LogP contribution in [-0.4, -0.2) is 7.18 Å². The number of hydrogen-bond donors (Lipinski definition) is 0. The molecule has 0 amide bonds. The molecule has 1 heteroatoms. The number of rotatable bonds is 2. The van der Waals surface area contributed by atoms with E-state index in [0.717, 1.165) is 6.42 Å².